The van der Waals surface area contributed by atoms with E-state index < -0.39 is 0 Å². The number of phenolic OH excluding ortho intramolecular Hbond substituents is 1. The monoisotopic (exact) mass is 316 g/mol. The van der Waals surface area contributed by atoms with Gasteiger partial charge in [0.15, 0.2) is 23.0 Å². The lowest BCUT2D eigenvalue weighted by atomic mass is 10.1. The topological polar surface area (TPSA) is 57.2 Å². The molecule has 0 aromatic heterocycles. The minimum atomic E-state index is 0.191. The van der Waals surface area contributed by atoms with Gasteiger partial charge in [-0.3, -0.25) is 0 Å². The molecule has 0 aliphatic rings. The molecule has 23 heavy (non-hydrogen) atoms. The molecule has 5 heteroatoms. The molecule has 2 rings (SSSR count). The Bertz CT molecular complexity index is 677. The van der Waals surface area contributed by atoms with E-state index in [-0.39, 0.29) is 5.75 Å². The molecule has 0 unspecified atom stereocenters. The van der Waals surface area contributed by atoms with Crippen LogP contribution in [0.3, 0.4) is 0 Å². The molecule has 0 spiro atoms. The molecule has 0 atom stereocenters. The first-order valence-electron chi connectivity index (χ1n) is 6.99. The van der Waals surface area contributed by atoms with Gasteiger partial charge < -0.3 is 24.1 Å². The predicted octanol–water partition coefficient (Wildman–Crippen LogP) is 3.60. The average molecular weight is 316 g/mol. The zero-order chi connectivity index (χ0) is 16.8. The molecular formula is C18H20O5. The van der Waals surface area contributed by atoms with Crippen molar-refractivity contribution in [3.05, 3.63) is 41.5 Å². The van der Waals surface area contributed by atoms with Gasteiger partial charge in [0, 0.05) is 11.6 Å². The summed E-state index contributed by atoms with van der Waals surface area (Å²) in [5, 5.41) is 9.88. The molecule has 0 amide bonds. The van der Waals surface area contributed by atoms with Crippen LogP contribution in [0.25, 0.3) is 12.2 Å². The number of hydrogen-bond acceptors (Lipinski definition) is 5. The molecule has 0 bridgehead atoms. The highest BCUT2D eigenvalue weighted by molar-refractivity contribution is 5.81. The van der Waals surface area contributed by atoms with Crippen LogP contribution >= 0.6 is 0 Å². The van der Waals surface area contributed by atoms with Crippen molar-refractivity contribution in [3.63, 3.8) is 0 Å². The summed E-state index contributed by atoms with van der Waals surface area (Å²) in [6.45, 7) is 0. The number of hydrogen-bond donors (Lipinski definition) is 1. The Balaban J connectivity index is 2.61. The summed E-state index contributed by atoms with van der Waals surface area (Å²) in [5.41, 5.74) is 1.34. The van der Waals surface area contributed by atoms with E-state index in [1.165, 1.54) is 0 Å². The largest absolute Gasteiger partial charge is 0.507 e. The highest BCUT2D eigenvalue weighted by Crippen LogP contribution is 2.45. The van der Waals surface area contributed by atoms with Crippen LogP contribution in [-0.4, -0.2) is 33.5 Å². The summed E-state index contributed by atoms with van der Waals surface area (Å²) in [6.07, 6.45) is 3.56. The molecule has 0 radical (unpaired) electrons. The molecule has 0 aliphatic heterocycles. The van der Waals surface area contributed by atoms with E-state index in [1.54, 1.807) is 58.8 Å². The van der Waals surface area contributed by atoms with Crippen molar-refractivity contribution in [1.29, 1.82) is 0 Å². The van der Waals surface area contributed by atoms with Gasteiger partial charge in [0.25, 0.3) is 0 Å². The van der Waals surface area contributed by atoms with Crippen molar-refractivity contribution in [1.82, 2.24) is 0 Å². The summed E-state index contributed by atoms with van der Waals surface area (Å²) in [7, 11) is 6.22. The number of methoxy groups -OCH3 is 4. The second-order valence-electron chi connectivity index (χ2n) is 4.65. The third-order valence-corrected chi connectivity index (χ3v) is 3.41. The Morgan fingerprint density at radius 2 is 1.35 bits per heavy atom. The average Bonchev–Trinajstić information content (AvgIpc) is 2.59. The van der Waals surface area contributed by atoms with Crippen molar-refractivity contribution in [2.24, 2.45) is 0 Å². The Morgan fingerprint density at radius 1 is 0.783 bits per heavy atom. The van der Waals surface area contributed by atoms with Gasteiger partial charge in [-0.05, 0) is 12.1 Å². The zero-order valence-corrected chi connectivity index (χ0v) is 13.6. The fraction of sp³-hybridized carbons (Fsp3) is 0.222. The Labute approximate surface area is 135 Å². The second kappa shape index (κ2) is 7.45. The Morgan fingerprint density at radius 3 is 1.83 bits per heavy atom. The molecule has 0 saturated heterocycles. The quantitative estimate of drug-likeness (QED) is 0.825. The highest BCUT2D eigenvalue weighted by Gasteiger charge is 2.19. The summed E-state index contributed by atoms with van der Waals surface area (Å²) in [4.78, 5) is 0. The minimum Gasteiger partial charge on any atom is -0.507 e. The first-order chi connectivity index (χ1) is 11.2. The third-order valence-electron chi connectivity index (χ3n) is 3.41. The predicted molar refractivity (Wildman–Crippen MR) is 89.7 cm³/mol. The second-order valence-corrected chi connectivity index (χ2v) is 4.65. The fourth-order valence-corrected chi connectivity index (χ4v) is 2.30. The number of benzene rings is 2. The lowest BCUT2D eigenvalue weighted by molar-refractivity contribution is 0.328. The number of ether oxygens (including phenoxy) is 4. The Hall–Kier alpha value is -2.82. The standard InChI is InChI=1S/C18H20O5/c1-20-15-11-16(21-2)18(23-4)13(17(15)22-3)10-9-12-7-5-6-8-14(12)19/h5-11,19H,1-4H3/b10-9+. The van der Waals surface area contributed by atoms with Crippen LogP contribution in [0, 0.1) is 0 Å². The first-order valence-corrected chi connectivity index (χ1v) is 6.99. The van der Waals surface area contributed by atoms with Gasteiger partial charge in [-0.2, -0.15) is 0 Å². The molecule has 2 aromatic carbocycles. The van der Waals surface area contributed by atoms with Crippen molar-refractivity contribution < 1.29 is 24.1 Å². The highest BCUT2D eigenvalue weighted by atomic mass is 16.5. The molecule has 2 aromatic rings. The fourth-order valence-electron chi connectivity index (χ4n) is 2.30. The molecule has 5 nitrogen and oxygen atoms in total. The van der Waals surface area contributed by atoms with E-state index >= 15 is 0 Å². The summed E-state index contributed by atoms with van der Waals surface area (Å²) in [5.74, 6) is 2.30. The van der Waals surface area contributed by atoms with E-state index in [1.807, 2.05) is 12.1 Å². The van der Waals surface area contributed by atoms with Gasteiger partial charge in [0.1, 0.15) is 5.75 Å². The third kappa shape index (κ3) is 3.34. The van der Waals surface area contributed by atoms with E-state index in [0.29, 0.717) is 34.1 Å². The van der Waals surface area contributed by atoms with Crippen molar-refractivity contribution in [3.8, 4) is 28.7 Å². The summed E-state index contributed by atoms with van der Waals surface area (Å²) >= 11 is 0. The number of para-hydroxylation sites is 1. The maximum Gasteiger partial charge on any atom is 0.171 e. The lowest BCUT2D eigenvalue weighted by Crippen LogP contribution is -1.99. The Kier molecular flexibility index (Phi) is 5.36. The van der Waals surface area contributed by atoms with Crippen molar-refractivity contribution in [2.75, 3.05) is 28.4 Å². The van der Waals surface area contributed by atoms with Gasteiger partial charge in [-0.25, -0.2) is 0 Å². The van der Waals surface area contributed by atoms with Crippen LogP contribution in [0.4, 0.5) is 0 Å². The van der Waals surface area contributed by atoms with Crippen LogP contribution in [-0.2, 0) is 0 Å². The van der Waals surface area contributed by atoms with Crippen LogP contribution in [0.5, 0.6) is 28.7 Å². The molecule has 0 heterocycles. The van der Waals surface area contributed by atoms with E-state index in [9.17, 15) is 5.11 Å². The van der Waals surface area contributed by atoms with Gasteiger partial charge in [-0.15, -0.1) is 0 Å². The lowest BCUT2D eigenvalue weighted by Gasteiger charge is -2.17. The maximum atomic E-state index is 9.88. The van der Waals surface area contributed by atoms with Gasteiger partial charge in [0.05, 0.1) is 34.0 Å². The number of rotatable bonds is 6. The van der Waals surface area contributed by atoms with Crippen LogP contribution in [0.1, 0.15) is 11.1 Å². The smallest absolute Gasteiger partial charge is 0.171 e. The molecule has 0 saturated carbocycles. The zero-order valence-electron chi connectivity index (χ0n) is 13.6. The van der Waals surface area contributed by atoms with Crippen LogP contribution in [0.2, 0.25) is 0 Å². The van der Waals surface area contributed by atoms with Crippen molar-refractivity contribution in [2.45, 2.75) is 0 Å². The maximum absolute atomic E-state index is 9.88. The van der Waals surface area contributed by atoms with Gasteiger partial charge >= 0.3 is 0 Å². The molecule has 1 N–H and O–H groups in total. The van der Waals surface area contributed by atoms with Gasteiger partial charge in [0.2, 0.25) is 0 Å². The molecule has 0 aliphatic carbocycles. The first kappa shape index (κ1) is 16.5. The van der Waals surface area contributed by atoms with E-state index in [4.69, 9.17) is 18.9 Å². The number of aromatic hydroxyl groups is 1. The molecular weight excluding hydrogens is 296 g/mol. The summed E-state index contributed by atoms with van der Waals surface area (Å²) in [6, 6.07) is 8.75. The van der Waals surface area contributed by atoms with E-state index in [2.05, 4.69) is 0 Å². The van der Waals surface area contributed by atoms with Crippen LogP contribution < -0.4 is 18.9 Å². The minimum absolute atomic E-state index is 0.191. The molecule has 122 valence electrons. The van der Waals surface area contributed by atoms with E-state index in [0.717, 1.165) is 0 Å². The molecule has 0 fully saturated rings. The number of phenols is 1. The van der Waals surface area contributed by atoms with Crippen LogP contribution in [0.15, 0.2) is 30.3 Å². The summed E-state index contributed by atoms with van der Waals surface area (Å²) < 4.78 is 21.6. The normalized spacial score (nSPS) is 10.6. The SMILES string of the molecule is COc1cc(OC)c(OC)c(/C=C/c2ccccc2O)c1OC. The van der Waals surface area contributed by atoms with Crippen molar-refractivity contribution >= 4 is 12.2 Å². The van der Waals surface area contributed by atoms with Gasteiger partial charge in [-0.1, -0.05) is 24.3 Å².